The fourth-order valence-electron chi connectivity index (χ4n) is 4.88. The minimum Gasteiger partial charge on any atom is -0.334 e. The molecule has 0 spiro atoms. The van der Waals surface area contributed by atoms with Gasteiger partial charge in [-0.25, -0.2) is 9.50 Å². The van der Waals surface area contributed by atoms with Gasteiger partial charge in [-0.3, -0.25) is 19.6 Å². The van der Waals surface area contributed by atoms with Crippen molar-refractivity contribution < 1.29 is 4.79 Å². The van der Waals surface area contributed by atoms with E-state index in [2.05, 4.69) is 30.8 Å². The zero-order chi connectivity index (χ0) is 19.6. The summed E-state index contributed by atoms with van der Waals surface area (Å²) >= 11 is 0. The predicted molar refractivity (Wildman–Crippen MR) is 106 cm³/mol. The number of hydrogen-bond donors (Lipinski definition) is 1. The first-order valence-corrected chi connectivity index (χ1v) is 10.6. The number of aromatic nitrogens is 3. The summed E-state index contributed by atoms with van der Waals surface area (Å²) in [6, 6.07) is 2.45. The van der Waals surface area contributed by atoms with Crippen LogP contribution in [0.3, 0.4) is 0 Å². The Kier molecular flexibility index (Phi) is 4.12. The number of H-pyrrole nitrogens is 1. The van der Waals surface area contributed by atoms with Gasteiger partial charge < -0.3 is 4.90 Å². The van der Waals surface area contributed by atoms with Gasteiger partial charge in [0.15, 0.2) is 5.65 Å². The third kappa shape index (κ3) is 2.79. The summed E-state index contributed by atoms with van der Waals surface area (Å²) in [5, 5.41) is 3.28. The molecule has 0 aromatic carbocycles. The molecule has 5 rings (SSSR count). The van der Waals surface area contributed by atoms with Crippen molar-refractivity contribution in [3.8, 4) is 0 Å². The van der Waals surface area contributed by atoms with E-state index in [4.69, 9.17) is 4.98 Å². The molecule has 1 amide bonds. The van der Waals surface area contributed by atoms with Crippen LogP contribution in [0.2, 0.25) is 0 Å². The lowest BCUT2D eigenvalue weighted by molar-refractivity contribution is -0.133. The van der Waals surface area contributed by atoms with E-state index in [1.165, 1.54) is 0 Å². The molecule has 3 atom stereocenters. The summed E-state index contributed by atoms with van der Waals surface area (Å²) in [4.78, 5) is 35.1. The molecule has 1 saturated heterocycles. The Hall–Kier alpha value is -2.15. The Morgan fingerprint density at radius 2 is 2.11 bits per heavy atom. The van der Waals surface area contributed by atoms with Crippen LogP contribution in [0.5, 0.6) is 0 Å². The Bertz CT molecular complexity index is 991. The number of nitrogens with one attached hydrogen (secondary N) is 1. The van der Waals surface area contributed by atoms with E-state index < -0.39 is 0 Å². The number of fused-ring (bicyclic) bond motifs is 2. The number of rotatable bonds is 3. The highest BCUT2D eigenvalue weighted by Gasteiger charge is 2.44. The van der Waals surface area contributed by atoms with Crippen LogP contribution in [0.1, 0.15) is 63.0 Å². The van der Waals surface area contributed by atoms with E-state index in [-0.39, 0.29) is 23.4 Å². The fourth-order valence-corrected chi connectivity index (χ4v) is 4.88. The maximum Gasteiger partial charge on any atom is 0.276 e. The molecule has 0 bridgehead atoms. The largest absolute Gasteiger partial charge is 0.334 e. The summed E-state index contributed by atoms with van der Waals surface area (Å²) in [5.74, 6) is 0.984. The Morgan fingerprint density at radius 1 is 1.32 bits per heavy atom. The van der Waals surface area contributed by atoms with Crippen LogP contribution in [0.4, 0.5) is 0 Å². The van der Waals surface area contributed by atoms with E-state index in [0.717, 1.165) is 62.3 Å². The molecule has 0 radical (unpaired) electrons. The highest BCUT2D eigenvalue weighted by molar-refractivity contribution is 5.82. The van der Waals surface area contributed by atoms with Gasteiger partial charge in [0, 0.05) is 43.2 Å². The second-order valence-corrected chi connectivity index (χ2v) is 9.07. The first-order chi connectivity index (χ1) is 13.4. The van der Waals surface area contributed by atoms with Gasteiger partial charge in [0.05, 0.1) is 17.4 Å². The molecule has 2 aromatic heterocycles. The Labute approximate surface area is 164 Å². The van der Waals surface area contributed by atoms with Crippen molar-refractivity contribution in [2.24, 2.45) is 11.8 Å². The van der Waals surface area contributed by atoms with Gasteiger partial charge >= 0.3 is 0 Å². The number of carbonyl (C=O) groups excluding carboxylic acids is 1. The van der Waals surface area contributed by atoms with Crippen LogP contribution in [0.25, 0.3) is 5.65 Å². The smallest absolute Gasteiger partial charge is 0.276 e. The monoisotopic (exact) mass is 383 g/mol. The topological polar surface area (TPSA) is 73.7 Å². The third-order valence-electron chi connectivity index (χ3n) is 6.87. The van der Waals surface area contributed by atoms with Crippen molar-refractivity contribution >= 4 is 11.6 Å². The molecule has 150 valence electrons. The van der Waals surface area contributed by atoms with Crippen LogP contribution < -0.4 is 5.56 Å². The summed E-state index contributed by atoms with van der Waals surface area (Å²) in [7, 11) is 0. The molecule has 2 aliphatic heterocycles. The van der Waals surface area contributed by atoms with Gasteiger partial charge in [0.25, 0.3) is 5.56 Å². The lowest BCUT2D eigenvalue weighted by Crippen LogP contribution is -2.39. The maximum atomic E-state index is 13.0. The van der Waals surface area contributed by atoms with E-state index in [1.807, 2.05) is 11.0 Å². The van der Waals surface area contributed by atoms with Crippen molar-refractivity contribution in [2.45, 2.75) is 65.1 Å². The normalized spacial score (nSPS) is 27.6. The molecule has 7 heteroatoms. The third-order valence-corrected chi connectivity index (χ3v) is 6.87. The SMILES string of the molecule is CC(C)N1CCc2c(nc3cc([C@@H]4CCCN4C(=O)[C@@H]4C[C@H]4C)[nH]n3c2=O)C1. The second kappa shape index (κ2) is 6.44. The number of nitrogens with zero attached hydrogens (tertiary/aromatic N) is 4. The van der Waals surface area contributed by atoms with Crippen LogP contribution >= 0.6 is 0 Å². The first kappa shape index (κ1) is 17.9. The van der Waals surface area contributed by atoms with Crippen LogP contribution in [0.15, 0.2) is 10.9 Å². The van der Waals surface area contributed by atoms with Gasteiger partial charge in [-0.05, 0) is 45.4 Å². The molecule has 2 aromatic rings. The summed E-state index contributed by atoms with van der Waals surface area (Å²) in [5.41, 5.74) is 3.35. The number of amides is 1. The van der Waals surface area contributed by atoms with Gasteiger partial charge in [-0.2, -0.15) is 0 Å². The van der Waals surface area contributed by atoms with Crippen molar-refractivity contribution in [3.63, 3.8) is 0 Å². The standard InChI is InChI=1S/C21H29N5O2/c1-12(2)24-8-6-14-17(11-24)22-19-10-16(23-26(19)21(14)28)18-5-4-7-25(18)20(27)15-9-13(15)3/h10,12-13,15,18,23H,4-9,11H2,1-3H3/t13-,15-,18+/m1/s1. The zero-order valence-electron chi connectivity index (χ0n) is 16.9. The molecule has 4 heterocycles. The number of aromatic amines is 1. The van der Waals surface area contributed by atoms with Crippen LogP contribution in [0, 0.1) is 11.8 Å². The van der Waals surface area contributed by atoms with E-state index in [9.17, 15) is 9.59 Å². The van der Waals surface area contributed by atoms with E-state index in [0.29, 0.717) is 17.6 Å². The number of hydrogen-bond acceptors (Lipinski definition) is 4. The first-order valence-electron chi connectivity index (χ1n) is 10.6. The highest BCUT2D eigenvalue weighted by Crippen LogP contribution is 2.43. The van der Waals surface area contributed by atoms with Gasteiger partial charge in [-0.15, -0.1) is 0 Å². The van der Waals surface area contributed by atoms with Gasteiger partial charge in [-0.1, -0.05) is 6.92 Å². The summed E-state index contributed by atoms with van der Waals surface area (Å²) in [6.45, 7) is 8.93. The summed E-state index contributed by atoms with van der Waals surface area (Å²) < 4.78 is 1.58. The molecule has 7 nitrogen and oxygen atoms in total. The highest BCUT2D eigenvalue weighted by atomic mass is 16.2. The van der Waals surface area contributed by atoms with Crippen LogP contribution in [-0.4, -0.2) is 49.4 Å². The summed E-state index contributed by atoms with van der Waals surface area (Å²) in [6.07, 6.45) is 3.70. The van der Waals surface area contributed by atoms with E-state index >= 15 is 0 Å². The molecule has 1 saturated carbocycles. The Morgan fingerprint density at radius 3 is 2.82 bits per heavy atom. The molecule has 0 unspecified atom stereocenters. The molecular formula is C21H29N5O2. The lowest BCUT2D eigenvalue weighted by Gasteiger charge is -2.30. The second-order valence-electron chi connectivity index (χ2n) is 9.07. The van der Waals surface area contributed by atoms with Crippen molar-refractivity contribution in [1.29, 1.82) is 0 Å². The van der Waals surface area contributed by atoms with Crippen molar-refractivity contribution in [3.05, 3.63) is 33.4 Å². The number of carbonyl (C=O) groups is 1. The lowest BCUT2D eigenvalue weighted by atomic mass is 10.1. The molecule has 1 aliphatic carbocycles. The predicted octanol–water partition coefficient (Wildman–Crippen LogP) is 2.11. The zero-order valence-corrected chi connectivity index (χ0v) is 16.9. The number of likely N-dealkylation sites (tertiary alicyclic amines) is 1. The minimum absolute atomic E-state index is 0.0151. The molecule has 3 aliphatic rings. The average molecular weight is 383 g/mol. The van der Waals surface area contributed by atoms with E-state index in [1.54, 1.807) is 4.52 Å². The van der Waals surface area contributed by atoms with Crippen molar-refractivity contribution in [2.75, 3.05) is 13.1 Å². The molecule has 2 fully saturated rings. The molecular weight excluding hydrogens is 354 g/mol. The van der Waals surface area contributed by atoms with Gasteiger partial charge in [0.2, 0.25) is 5.91 Å². The average Bonchev–Trinajstić information content (AvgIpc) is 3.08. The Balaban J connectivity index is 1.49. The molecule has 1 N–H and O–H groups in total. The fraction of sp³-hybridized carbons (Fsp3) is 0.667. The van der Waals surface area contributed by atoms with Gasteiger partial charge in [0.1, 0.15) is 0 Å². The van der Waals surface area contributed by atoms with Crippen LogP contribution in [-0.2, 0) is 17.8 Å². The quantitative estimate of drug-likeness (QED) is 0.881. The minimum atomic E-state index is 0.0151. The molecule has 28 heavy (non-hydrogen) atoms. The van der Waals surface area contributed by atoms with Crippen molar-refractivity contribution in [1.82, 2.24) is 24.4 Å². The maximum absolute atomic E-state index is 13.0.